The van der Waals surface area contributed by atoms with Gasteiger partial charge in [-0.3, -0.25) is 0 Å². The number of rotatable bonds is 4. The molecule has 3 aliphatic heterocycles. The van der Waals surface area contributed by atoms with Crippen LogP contribution in [0.5, 0.6) is 0 Å². The number of hydrogen-bond donors (Lipinski definition) is 1. The quantitative estimate of drug-likeness (QED) is 0.901. The lowest BCUT2D eigenvalue weighted by atomic mass is 9.89. The molecule has 2 aromatic rings. The first-order valence-corrected chi connectivity index (χ1v) is 10.3. The summed E-state index contributed by atoms with van der Waals surface area (Å²) in [7, 11) is 0. The third kappa shape index (κ3) is 3.15. The van der Waals surface area contributed by atoms with Crippen LogP contribution in [0.4, 0.5) is 5.69 Å². The third-order valence-corrected chi connectivity index (χ3v) is 6.51. The second kappa shape index (κ2) is 6.91. The molecule has 144 valence electrons. The zero-order chi connectivity index (χ0) is 18.3. The van der Waals surface area contributed by atoms with Crippen LogP contribution in [0.25, 0.3) is 11.3 Å². The van der Waals surface area contributed by atoms with Crippen molar-refractivity contribution >= 4 is 5.69 Å². The average molecular weight is 367 g/mol. The number of ether oxygens (including phenoxy) is 1. The van der Waals surface area contributed by atoms with E-state index in [2.05, 4.69) is 51.8 Å². The van der Waals surface area contributed by atoms with Gasteiger partial charge in [-0.2, -0.15) is 0 Å². The number of nitrogens with zero attached hydrogens (tertiary/aromatic N) is 4. The fourth-order valence-corrected chi connectivity index (χ4v) is 4.90. The standard InChI is InChI=1S/C21H29N5O/c1-16-11-17(26-9-4-8-21(26)14-22-15-21)6-7-19(16)20-13-25(24-23-20)12-18-5-2-3-10-27-18/h6-7,11,13,18,22H,2-5,8-10,12,14-15H2,1H3. The van der Waals surface area contributed by atoms with Crippen molar-refractivity contribution in [2.24, 2.45) is 0 Å². The fourth-order valence-electron chi connectivity index (χ4n) is 4.90. The molecule has 1 aromatic heterocycles. The van der Waals surface area contributed by atoms with Gasteiger partial charge in [0.25, 0.3) is 0 Å². The SMILES string of the molecule is Cc1cc(N2CCCC23CNC3)ccc1-c1cn(CC2CCCCO2)nn1. The maximum absolute atomic E-state index is 5.83. The van der Waals surface area contributed by atoms with Crippen LogP contribution in [-0.2, 0) is 11.3 Å². The largest absolute Gasteiger partial charge is 0.376 e. The summed E-state index contributed by atoms with van der Waals surface area (Å²) < 4.78 is 7.77. The Morgan fingerprint density at radius 1 is 1.26 bits per heavy atom. The molecular formula is C21H29N5O. The van der Waals surface area contributed by atoms with Gasteiger partial charge in [-0.25, -0.2) is 4.68 Å². The molecule has 3 fully saturated rings. The van der Waals surface area contributed by atoms with Crippen molar-refractivity contribution in [1.82, 2.24) is 20.3 Å². The highest BCUT2D eigenvalue weighted by Crippen LogP contribution is 2.38. The van der Waals surface area contributed by atoms with E-state index in [9.17, 15) is 0 Å². The Morgan fingerprint density at radius 2 is 2.19 bits per heavy atom. The molecule has 1 aromatic carbocycles. The molecule has 6 heteroatoms. The van der Waals surface area contributed by atoms with Crippen LogP contribution < -0.4 is 10.2 Å². The topological polar surface area (TPSA) is 55.2 Å². The number of aromatic nitrogens is 3. The van der Waals surface area contributed by atoms with Gasteiger partial charge >= 0.3 is 0 Å². The molecule has 0 bridgehead atoms. The Balaban J connectivity index is 1.33. The molecule has 5 rings (SSSR count). The van der Waals surface area contributed by atoms with Crippen LogP contribution in [0.3, 0.4) is 0 Å². The molecule has 3 aliphatic rings. The van der Waals surface area contributed by atoms with Gasteiger partial charge < -0.3 is 15.0 Å². The van der Waals surface area contributed by atoms with Gasteiger partial charge in [0.2, 0.25) is 0 Å². The Labute approximate surface area is 160 Å². The molecule has 0 radical (unpaired) electrons. The minimum atomic E-state index is 0.277. The Kier molecular flexibility index (Phi) is 4.40. The van der Waals surface area contributed by atoms with Crippen molar-refractivity contribution in [3.8, 4) is 11.3 Å². The minimum Gasteiger partial charge on any atom is -0.376 e. The van der Waals surface area contributed by atoms with E-state index < -0.39 is 0 Å². The van der Waals surface area contributed by atoms with E-state index in [-0.39, 0.29) is 6.10 Å². The molecule has 1 N–H and O–H groups in total. The summed E-state index contributed by atoms with van der Waals surface area (Å²) in [6, 6.07) is 6.80. The molecular weight excluding hydrogens is 338 g/mol. The summed E-state index contributed by atoms with van der Waals surface area (Å²) in [5.41, 5.74) is 5.10. The first-order valence-electron chi connectivity index (χ1n) is 10.3. The summed E-state index contributed by atoms with van der Waals surface area (Å²) in [5.74, 6) is 0. The van der Waals surface area contributed by atoms with Crippen LogP contribution in [-0.4, -0.2) is 52.9 Å². The third-order valence-electron chi connectivity index (χ3n) is 6.51. The number of hydrogen-bond acceptors (Lipinski definition) is 5. The van der Waals surface area contributed by atoms with E-state index in [1.165, 1.54) is 42.5 Å². The normalized spacial score (nSPS) is 24.3. The van der Waals surface area contributed by atoms with E-state index in [0.29, 0.717) is 5.54 Å². The zero-order valence-corrected chi connectivity index (χ0v) is 16.2. The summed E-state index contributed by atoms with van der Waals surface area (Å²) in [6.45, 7) is 7.26. The van der Waals surface area contributed by atoms with Crippen LogP contribution >= 0.6 is 0 Å². The number of nitrogens with one attached hydrogen (secondary N) is 1. The molecule has 0 saturated carbocycles. The molecule has 6 nitrogen and oxygen atoms in total. The van der Waals surface area contributed by atoms with Gasteiger partial charge in [-0.15, -0.1) is 5.10 Å². The summed E-state index contributed by atoms with van der Waals surface area (Å²) in [6.07, 6.45) is 8.49. The molecule has 1 atom stereocenters. The van der Waals surface area contributed by atoms with Crippen molar-refractivity contribution in [3.63, 3.8) is 0 Å². The monoisotopic (exact) mass is 367 g/mol. The van der Waals surface area contributed by atoms with E-state index in [0.717, 1.165) is 44.9 Å². The number of anilines is 1. The van der Waals surface area contributed by atoms with Crippen molar-refractivity contribution in [2.75, 3.05) is 31.1 Å². The van der Waals surface area contributed by atoms with Crippen LogP contribution in [0.1, 0.15) is 37.7 Å². The predicted molar refractivity (Wildman–Crippen MR) is 106 cm³/mol. The average Bonchev–Trinajstić information content (AvgIpc) is 3.29. The highest BCUT2D eigenvalue weighted by Gasteiger charge is 2.45. The van der Waals surface area contributed by atoms with Crippen molar-refractivity contribution < 1.29 is 4.74 Å². The van der Waals surface area contributed by atoms with E-state index in [1.807, 2.05) is 4.68 Å². The van der Waals surface area contributed by atoms with Crippen LogP contribution in [0.2, 0.25) is 0 Å². The van der Waals surface area contributed by atoms with Crippen molar-refractivity contribution in [2.45, 2.75) is 57.2 Å². The Morgan fingerprint density at radius 3 is 2.93 bits per heavy atom. The lowest BCUT2D eigenvalue weighted by molar-refractivity contribution is 0.00370. The van der Waals surface area contributed by atoms with Crippen LogP contribution in [0, 0.1) is 6.92 Å². The Hall–Kier alpha value is -1.92. The molecule has 27 heavy (non-hydrogen) atoms. The van der Waals surface area contributed by atoms with Gasteiger partial charge in [0, 0.05) is 37.5 Å². The summed E-state index contributed by atoms with van der Waals surface area (Å²) >= 11 is 0. The highest BCUT2D eigenvalue weighted by molar-refractivity contribution is 5.67. The molecule has 3 saturated heterocycles. The Bertz CT molecular complexity index is 807. The second-order valence-electron chi connectivity index (χ2n) is 8.40. The van der Waals surface area contributed by atoms with E-state index in [4.69, 9.17) is 4.74 Å². The van der Waals surface area contributed by atoms with Gasteiger partial charge in [0.05, 0.1) is 24.4 Å². The highest BCUT2D eigenvalue weighted by atomic mass is 16.5. The maximum atomic E-state index is 5.83. The minimum absolute atomic E-state index is 0.277. The second-order valence-corrected chi connectivity index (χ2v) is 8.40. The molecule has 1 spiro atoms. The zero-order valence-electron chi connectivity index (χ0n) is 16.2. The lowest BCUT2D eigenvalue weighted by Crippen LogP contribution is -2.66. The summed E-state index contributed by atoms with van der Waals surface area (Å²) in [4.78, 5) is 2.61. The number of benzene rings is 1. The molecule has 0 aliphatic carbocycles. The lowest BCUT2D eigenvalue weighted by Gasteiger charge is -2.47. The molecule has 4 heterocycles. The first kappa shape index (κ1) is 17.2. The fraction of sp³-hybridized carbons (Fsp3) is 0.619. The van der Waals surface area contributed by atoms with Crippen LogP contribution in [0.15, 0.2) is 24.4 Å². The first-order chi connectivity index (χ1) is 13.2. The van der Waals surface area contributed by atoms with Crippen molar-refractivity contribution in [1.29, 1.82) is 0 Å². The molecule has 1 unspecified atom stereocenters. The molecule has 0 amide bonds. The summed E-state index contributed by atoms with van der Waals surface area (Å²) in [5, 5.41) is 12.2. The van der Waals surface area contributed by atoms with E-state index in [1.54, 1.807) is 0 Å². The maximum Gasteiger partial charge on any atom is 0.113 e. The number of aryl methyl sites for hydroxylation is 1. The predicted octanol–water partition coefficient (Wildman–Crippen LogP) is 2.76. The van der Waals surface area contributed by atoms with Gasteiger partial charge in [-0.05, 0) is 56.7 Å². The van der Waals surface area contributed by atoms with Gasteiger partial charge in [0.15, 0.2) is 0 Å². The van der Waals surface area contributed by atoms with Crippen molar-refractivity contribution in [3.05, 3.63) is 30.0 Å². The van der Waals surface area contributed by atoms with Gasteiger partial charge in [0.1, 0.15) is 5.69 Å². The smallest absolute Gasteiger partial charge is 0.113 e. The van der Waals surface area contributed by atoms with Gasteiger partial charge in [-0.1, -0.05) is 11.3 Å². The van der Waals surface area contributed by atoms with E-state index >= 15 is 0 Å².